The summed E-state index contributed by atoms with van der Waals surface area (Å²) in [5, 5.41) is 11.9. The number of carboxylic acids is 1. The van der Waals surface area contributed by atoms with Crippen LogP contribution in [-0.4, -0.2) is 24.1 Å². The summed E-state index contributed by atoms with van der Waals surface area (Å²) in [5.74, 6) is -1.42. The molecule has 2 atom stereocenters. The van der Waals surface area contributed by atoms with Crippen LogP contribution in [-0.2, 0) is 16.1 Å². The van der Waals surface area contributed by atoms with Gasteiger partial charge in [-0.15, -0.1) is 0 Å². The van der Waals surface area contributed by atoms with E-state index in [9.17, 15) is 9.59 Å². The van der Waals surface area contributed by atoms with E-state index in [1.54, 1.807) is 7.11 Å². The van der Waals surface area contributed by atoms with Crippen molar-refractivity contribution in [3.8, 4) is 5.75 Å². The summed E-state index contributed by atoms with van der Waals surface area (Å²) in [6, 6.07) is 7.40. The predicted molar refractivity (Wildman–Crippen MR) is 73.2 cm³/mol. The van der Waals surface area contributed by atoms with Crippen LogP contribution in [0.1, 0.15) is 19.4 Å². The number of carboxylic acid groups (broad SMARTS) is 1. The van der Waals surface area contributed by atoms with Crippen LogP contribution in [0.5, 0.6) is 5.75 Å². The Kier molecular flexibility index (Phi) is 3.70. The number of hydrogen-bond acceptors (Lipinski definition) is 3. The summed E-state index contributed by atoms with van der Waals surface area (Å²) in [6.07, 6.45) is 0. The quantitative estimate of drug-likeness (QED) is 0.858. The fourth-order valence-corrected chi connectivity index (χ4v) is 2.67. The molecule has 1 fully saturated rings. The zero-order chi connectivity index (χ0) is 14.9. The number of rotatable bonds is 5. The van der Waals surface area contributed by atoms with E-state index in [0.717, 1.165) is 11.3 Å². The molecule has 0 radical (unpaired) electrons. The van der Waals surface area contributed by atoms with Crippen LogP contribution in [0.25, 0.3) is 0 Å². The van der Waals surface area contributed by atoms with E-state index in [2.05, 4.69) is 5.32 Å². The van der Waals surface area contributed by atoms with Gasteiger partial charge in [0.15, 0.2) is 0 Å². The van der Waals surface area contributed by atoms with Gasteiger partial charge >= 0.3 is 5.97 Å². The predicted octanol–water partition coefficient (Wildman–Crippen LogP) is 1.67. The van der Waals surface area contributed by atoms with Gasteiger partial charge in [-0.05, 0) is 23.1 Å². The van der Waals surface area contributed by atoms with Crippen molar-refractivity contribution >= 4 is 11.9 Å². The number of ether oxygens (including phenoxy) is 1. The lowest BCUT2D eigenvalue weighted by atomic mass is 10.1. The lowest BCUT2D eigenvalue weighted by Gasteiger charge is -2.07. The third kappa shape index (κ3) is 2.61. The molecule has 2 N–H and O–H groups in total. The Labute approximate surface area is 117 Å². The molecule has 108 valence electrons. The Morgan fingerprint density at radius 1 is 1.35 bits per heavy atom. The van der Waals surface area contributed by atoms with Gasteiger partial charge in [0, 0.05) is 6.54 Å². The highest BCUT2D eigenvalue weighted by atomic mass is 16.5. The first-order valence-corrected chi connectivity index (χ1v) is 6.51. The number of hydrogen-bond donors (Lipinski definition) is 2. The van der Waals surface area contributed by atoms with E-state index in [-0.39, 0.29) is 5.91 Å². The second-order valence-electron chi connectivity index (χ2n) is 5.68. The van der Waals surface area contributed by atoms with E-state index in [1.165, 1.54) is 0 Å². The number of aliphatic carboxylic acids is 1. The summed E-state index contributed by atoms with van der Waals surface area (Å²) in [7, 11) is 1.59. The van der Waals surface area contributed by atoms with Crippen LogP contribution in [0.2, 0.25) is 0 Å². The third-order valence-electron chi connectivity index (χ3n) is 3.98. The molecule has 5 nitrogen and oxygen atoms in total. The minimum Gasteiger partial charge on any atom is -0.497 e. The fraction of sp³-hybridized carbons (Fsp3) is 0.467. The number of carbonyl (C=O) groups excluding carboxylic acids is 1. The fourth-order valence-electron chi connectivity index (χ4n) is 2.67. The molecule has 1 aromatic rings. The minimum absolute atomic E-state index is 0.204. The Bertz CT molecular complexity index is 538. The first kappa shape index (κ1) is 14.4. The number of carbonyl (C=O) groups is 2. The van der Waals surface area contributed by atoms with Gasteiger partial charge in [-0.1, -0.05) is 26.0 Å². The highest BCUT2D eigenvalue weighted by Crippen LogP contribution is 2.58. The van der Waals surface area contributed by atoms with Gasteiger partial charge < -0.3 is 15.2 Å². The highest BCUT2D eigenvalue weighted by Gasteiger charge is 2.65. The lowest BCUT2D eigenvalue weighted by Crippen LogP contribution is -2.26. The molecule has 0 heterocycles. The monoisotopic (exact) mass is 277 g/mol. The molecule has 1 aliphatic carbocycles. The minimum atomic E-state index is -0.906. The maximum Gasteiger partial charge on any atom is 0.307 e. The smallest absolute Gasteiger partial charge is 0.307 e. The molecule has 0 bridgehead atoms. The molecule has 1 aliphatic rings. The molecule has 1 aromatic carbocycles. The number of nitrogens with one attached hydrogen (secondary N) is 1. The van der Waals surface area contributed by atoms with Gasteiger partial charge in [-0.3, -0.25) is 9.59 Å². The molecule has 1 amide bonds. The molecule has 0 aromatic heterocycles. The Morgan fingerprint density at radius 3 is 2.60 bits per heavy atom. The maximum absolute atomic E-state index is 12.1. The van der Waals surface area contributed by atoms with E-state index < -0.39 is 23.2 Å². The molecular weight excluding hydrogens is 258 g/mol. The van der Waals surface area contributed by atoms with Crippen molar-refractivity contribution in [1.29, 1.82) is 0 Å². The summed E-state index contributed by atoms with van der Waals surface area (Å²) in [5.41, 5.74) is 0.452. The maximum atomic E-state index is 12.1. The van der Waals surface area contributed by atoms with E-state index in [1.807, 2.05) is 38.1 Å². The standard InChI is InChI=1S/C15H19NO4/c1-15(2)11(12(15)14(18)19)13(17)16-8-9-5-4-6-10(7-9)20-3/h4-7,11-12H,8H2,1-3H3,(H,16,17)(H,18,19). The summed E-state index contributed by atoms with van der Waals surface area (Å²) in [6.45, 7) is 3.98. The molecule has 20 heavy (non-hydrogen) atoms. The zero-order valence-corrected chi connectivity index (χ0v) is 11.8. The largest absolute Gasteiger partial charge is 0.497 e. The average molecular weight is 277 g/mol. The van der Waals surface area contributed by atoms with Crippen LogP contribution >= 0.6 is 0 Å². The SMILES string of the molecule is COc1cccc(CNC(=O)C2C(C(=O)O)C2(C)C)c1. The first-order chi connectivity index (χ1) is 9.37. The van der Waals surface area contributed by atoms with Gasteiger partial charge in [-0.2, -0.15) is 0 Å². The second kappa shape index (κ2) is 5.15. The van der Waals surface area contributed by atoms with E-state index in [4.69, 9.17) is 9.84 Å². The lowest BCUT2D eigenvalue weighted by molar-refractivity contribution is -0.140. The molecule has 0 spiro atoms. The zero-order valence-electron chi connectivity index (χ0n) is 11.8. The van der Waals surface area contributed by atoms with Gasteiger partial charge in [0.05, 0.1) is 18.9 Å². The molecule has 0 saturated heterocycles. The van der Waals surface area contributed by atoms with Gasteiger partial charge in [0.25, 0.3) is 0 Å². The molecule has 2 unspecified atom stereocenters. The highest BCUT2D eigenvalue weighted by molar-refractivity contribution is 5.91. The van der Waals surface area contributed by atoms with Crippen LogP contribution in [0.3, 0.4) is 0 Å². The third-order valence-corrected chi connectivity index (χ3v) is 3.98. The number of benzene rings is 1. The Hall–Kier alpha value is -2.04. The first-order valence-electron chi connectivity index (χ1n) is 6.51. The molecule has 5 heteroatoms. The Balaban J connectivity index is 1.95. The van der Waals surface area contributed by atoms with Crippen molar-refractivity contribution in [1.82, 2.24) is 5.32 Å². The van der Waals surface area contributed by atoms with Crippen LogP contribution < -0.4 is 10.1 Å². The summed E-state index contributed by atoms with van der Waals surface area (Å²) >= 11 is 0. The van der Waals surface area contributed by atoms with Gasteiger partial charge in [0.2, 0.25) is 5.91 Å². The topological polar surface area (TPSA) is 75.6 Å². The van der Waals surface area contributed by atoms with Gasteiger partial charge in [0.1, 0.15) is 5.75 Å². The van der Waals surface area contributed by atoms with Crippen LogP contribution in [0.15, 0.2) is 24.3 Å². The van der Waals surface area contributed by atoms with Crippen molar-refractivity contribution in [3.63, 3.8) is 0 Å². The van der Waals surface area contributed by atoms with Crippen molar-refractivity contribution in [2.24, 2.45) is 17.3 Å². The van der Waals surface area contributed by atoms with Crippen LogP contribution in [0, 0.1) is 17.3 Å². The van der Waals surface area contributed by atoms with Crippen molar-refractivity contribution in [2.45, 2.75) is 20.4 Å². The average Bonchev–Trinajstić information content (AvgIpc) is 2.99. The molecular formula is C15H19NO4. The van der Waals surface area contributed by atoms with Gasteiger partial charge in [-0.25, -0.2) is 0 Å². The van der Waals surface area contributed by atoms with Crippen molar-refractivity contribution in [3.05, 3.63) is 29.8 Å². The molecule has 2 rings (SSSR count). The normalized spacial score (nSPS) is 22.9. The van der Waals surface area contributed by atoms with Crippen molar-refractivity contribution in [2.75, 3.05) is 7.11 Å². The van der Waals surface area contributed by atoms with E-state index >= 15 is 0 Å². The van der Waals surface area contributed by atoms with E-state index in [0.29, 0.717) is 6.54 Å². The number of methoxy groups -OCH3 is 1. The molecule has 1 saturated carbocycles. The molecule has 0 aliphatic heterocycles. The van der Waals surface area contributed by atoms with Crippen LogP contribution in [0.4, 0.5) is 0 Å². The summed E-state index contributed by atoms with van der Waals surface area (Å²) in [4.78, 5) is 23.1. The summed E-state index contributed by atoms with van der Waals surface area (Å²) < 4.78 is 5.11. The second-order valence-corrected chi connectivity index (χ2v) is 5.68. The van der Waals surface area contributed by atoms with Crippen molar-refractivity contribution < 1.29 is 19.4 Å². The Morgan fingerprint density at radius 2 is 2.05 bits per heavy atom. The number of amides is 1.